The van der Waals surface area contributed by atoms with Gasteiger partial charge in [0, 0.05) is 40.3 Å². The molecule has 2 aromatic heterocycles. The second-order valence-electron chi connectivity index (χ2n) is 6.93. The van der Waals surface area contributed by atoms with Gasteiger partial charge < -0.3 is 10.3 Å². The summed E-state index contributed by atoms with van der Waals surface area (Å²) in [5.41, 5.74) is 2.51. The lowest BCUT2D eigenvalue weighted by molar-refractivity contribution is -0.137. The van der Waals surface area contributed by atoms with E-state index in [9.17, 15) is 13.2 Å². The molecule has 2 nitrogen and oxygen atoms in total. The third-order valence-electron chi connectivity index (χ3n) is 5.02. The molecular weight excluding hydrogens is 401 g/mol. The fraction of sp³-hybridized carbons (Fsp3) is 0.333. The Balaban J connectivity index is 1.31. The third-order valence-corrected chi connectivity index (χ3v) is 7.01. The van der Waals surface area contributed by atoms with Crippen molar-refractivity contribution >= 4 is 39.6 Å². The zero-order valence-electron chi connectivity index (χ0n) is 15.2. The smallest absolute Gasteiger partial charge is 0.361 e. The summed E-state index contributed by atoms with van der Waals surface area (Å²) in [6.45, 7) is 0.894. The van der Waals surface area contributed by atoms with Crippen molar-refractivity contribution in [2.24, 2.45) is 0 Å². The van der Waals surface area contributed by atoms with E-state index in [0.717, 1.165) is 42.3 Å². The number of halogens is 3. The van der Waals surface area contributed by atoms with E-state index in [1.807, 2.05) is 6.20 Å². The predicted octanol–water partition coefficient (Wildman–Crippen LogP) is 6.32. The molecule has 1 aliphatic rings. The molecule has 7 heteroatoms. The second-order valence-corrected chi connectivity index (χ2v) is 8.98. The minimum Gasteiger partial charge on any atom is -0.361 e. The number of thioether (sulfide) groups is 1. The normalized spacial score (nSPS) is 17.8. The topological polar surface area (TPSA) is 27.8 Å². The standard InChI is InChI=1S/C21H21F3N2S2/c22-21(23,24)16-3-4-19-18(11-16)15(12-26-19)13-27-9-6-17-10-14(5-7-25-17)20-2-1-8-28-20/h1-5,8,11-12,17,25-26H,6-7,9-10,13H2. The molecule has 0 amide bonds. The average molecular weight is 423 g/mol. The molecule has 0 spiro atoms. The first-order valence-electron chi connectivity index (χ1n) is 9.22. The summed E-state index contributed by atoms with van der Waals surface area (Å²) in [4.78, 5) is 4.42. The Kier molecular flexibility index (Phi) is 5.85. The predicted molar refractivity (Wildman–Crippen MR) is 113 cm³/mol. The summed E-state index contributed by atoms with van der Waals surface area (Å²) in [5.74, 6) is 1.68. The van der Waals surface area contributed by atoms with Gasteiger partial charge in [0.15, 0.2) is 0 Å². The van der Waals surface area contributed by atoms with Gasteiger partial charge in [-0.3, -0.25) is 0 Å². The van der Waals surface area contributed by atoms with Gasteiger partial charge in [-0.15, -0.1) is 11.3 Å². The van der Waals surface area contributed by atoms with E-state index in [0.29, 0.717) is 17.2 Å². The fourth-order valence-electron chi connectivity index (χ4n) is 3.52. The zero-order chi connectivity index (χ0) is 19.6. The highest BCUT2D eigenvalue weighted by molar-refractivity contribution is 7.98. The van der Waals surface area contributed by atoms with E-state index in [1.165, 1.54) is 22.6 Å². The van der Waals surface area contributed by atoms with Gasteiger partial charge in [-0.2, -0.15) is 24.9 Å². The number of aromatic nitrogens is 1. The van der Waals surface area contributed by atoms with Gasteiger partial charge in [0.2, 0.25) is 0 Å². The number of thiophene rings is 1. The number of aromatic amines is 1. The molecule has 0 saturated carbocycles. The summed E-state index contributed by atoms with van der Waals surface area (Å²) in [6, 6.07) is 8.59. The first-order valence-corrected chi connectivity index (χ1v) is 11.3. The SMILES string of the molecule is FC(F)(F)c1ccc2[nH]cc(CSCCC3CC(c4cccs4)=CCN3)c2c1. The Labute approximate surface area is 170 Å². The van der Waals surface area contributed by atoms with Crippen molar-refractivity contribution in [2.75, 3.05) is 12.3 Å². The molecule has 28 heavy (non-hydrogen) atoms. The van der Waals surface area contributed by atoms with Gasteiger partial charge in [0.25, 0.3) is 0 Å². The first-order chi connectivity index (χ1) is 13.5. The number of rotatable bonds is 6. The molecule has 2 N–H and O–H groups in total. The minimum absolute atomic E-state index is 0.453. The molecule has 1 atom stereocenters. The van der Waals surface area contributed by atoms with Crippen LogP contribution in [0.2, 0.25) is 0 Å². The van der Waals surface area contributed by atoms with Crippen LogP contribution in [0.5, 0.6) is 0 Å². The van der Waals surface area contributed by atoms with Crippen molar-refractivity contribution in [1.82, 2.24) is 10.3 Å². The average Bonchev–Trinajstić information content (AvgIpc) is 3.35. The van der Waals surface area contributed by atoms with Gasteiger partial charge >= 0.3 is 6.18 Å². The number of benzene rings is 1. The van der Waals surface area contributed by atoms with Crippen LogP contribution >= 0.6 is 23.1 Å². The summed E-state index contributed by atoms with van der Waals surface area (Å²) in [5, 5.41) is 6.32. The summed E-state index contributed by atoms with van der Waals surface area (Å²) >= 11 is 3.55. The Morgan fingerprint density at radius 1 is 1.21 bits per heavy atom. The van der Waals surface area contributed by atoms with Crippen LogP contribution in [0.15, 0.2) is 48.0 Å². The molecule has 0 saturated heterocycles. The largest absolute Gasteiger partial charge is 0.416 e. The van der Waals surface area contributed by atoms with Crippen molar-refractivity contribution in [3.63, 3.8) is 0 Å². The van der Waals surface area contributed by atoms with E-state index in [-0.39, 0.29) is 0 Å². The maximum absolute atomic E-state index is 13.0. The van der Waals surface area contributed by atoms with Crippen molar-refractivity contribution in [2.45, 2.75) is 30.8 Å². The summed E-state index contributed by atoms with van der Waals surface area (Å²) in [6.07, 6.45) is 1.86. The van der Waals surface area contributed by atoms with Crippen molar-refractivity contribution < 1.29 is 13.2 Å². The Bertz CT molecular complexity index is 958. The Hall–Kier alpha value is -1.70. The molecule has 1 aliphatic heterocycles. The van der Waals surface area contributed by atoms with Crippen molar-refractivity contribution in [3.8, 4) is 0 Å². The number of alkyl halides is 3. The summed E-state index contributed by atoms with van der Waals surface area (Å²) in [7, 11) is 0. The fourth-order valence-corrected chi connectivity index (χ4v) is 5.35. The van der Waals surface area contributed by atoms with Crippen LogP contribution in [0.25, 0.3) is 16.5 Å². The maximum atomic E-state index is 13.0. The van der Waals surface area contributed by atoms with Gasteiger partial charge in [0.1, 0.15) is 0 Å². The van der Waals surface area contributed by atoms with Crippen LogP contribution in [-0.4, -0.2) is 23.3 Å². The number of hydrogen-bond acceptors (Lipinski definition) is 3. The number of H-pyrrole nitrogens is 1. The van der Waals surface area contributed by atoms with E-state index >= 15 is 0 Å². The zero-order valence-corrected chi connectivity index (χ0v) is 16.8. The van der Waals surface area contributed by atoms with Crippen LogP contribution in [-0.2, 0) is 11.9 Å². The van der Waals surface area contributed by atoms with Crippen LogP contribution in [0.4, 0.5) is 13.2 Å². The van der Waals surface area contributed by atoms with Crippen molar-refractivity contribution in [3.05, 3.63) is 64.0 Å². The molecule has 1 unspecified atom stereocenters. The van der Waals surface area contributed by atoms with Gasteiger partial charge in [0.05, 0.1) is 5.56 Å². The molecule has 0 radical (unpaired) electrons. The minimum atomic E-state index is -4.31. The maximum Gasteiger partial charge on any atom is 0.416 e. The van der Waals surface area contributed by atoms with Crippen LogP contribution in [0, 0.1) is 0 Å². The number of nitrogens with one attached hydrogen (secondary N) is 2. The molecule has 1 aromatic carbocycles. The van der Waals surface area contributed by atoms with Crippen LogP contribution in [0.1, 0.15) is 28.8 Å². The lowest BCUT2D eigenvalue weighted by Gasteiger charge is -2.23. The highest BCUT2D eigenvalue weighted by atomic mass is 32.2. The van der Waals surface area contributed by atoms with Crippen molar-refractivity contribution in [1.29, 1.82) is 0 Å². The van der Waals surface area contributed by atoms with E-state index in [1.54, 1.807) is 23.1 Å². The second kappa shape index (κ2) is 8.35. The molecule has 0 fully saturated rings. The Morgan fingerprint density at radius 2 is 2.11 bits per heavy atom. The van der Waals surface area contributed by atoms with Crippen LogP contribution < -0.4 is 5.32 Å². The molecule has 148 valence electrons. The quantitative estimate of drug-likeness (QED) is 0.455. The van der Waals surface area contributed by atoms with Crippen LogP contribution in [0.3, 0.4) is 0 Å². The molecular formula is C21H21F3N2S2. The van der Waals surface area contributed by atoms with E-state index < -0.39 is 11.7 Å². The highest BCUT2D eigenvalue weighted by Crippen LogP contribution is 2.33. The third kappa shape index (κ3) is 4.47. The number of hydrogen-bond donors (Lipinski definition) is 2. The first kappa shape index (κ1) is 19.6. The monoisotopic (exact) mass is 422 g/mol. The molecule has 0 aliphatic carbocycles. The Morgan fingerprint density at radius 3 is 2.89 bits per heavy atom. The molecule has 3 aromatic rings. The van der Waals surface area contributed by atoms with Gasteiger partial charge in [-0.1, -0.05) is 12.1 Å². The van der Waals surface area contributed by atoms with E-state index in [2.05, 4.69) is 33.9 Å². The summed E-state index contributed by atoms with van der Waals surface area (Å²) < 4.78 is 38.9. The van der Waals surface area contributed by atoms with E-state index in [4.69, 9.17) is 0 Å². The lowest BCUT2D eigenvalue weighted by atomic mass is 9.99. The molecule has 4 rings (SSSR count). The lowest BCUT2D eigenvalue weighted by Crippen LogP contribution is -2.33. The highest BCUT2D eigenvalue weighted by Gasteiger charge is 2.30. The molecule has 0 bridgehead atoms. The van der Waals surface area contributed by atoms with Gasteiger partial charge in [-0.05, 0) is 59.4 Å². The number of fused-ring (bicyclic) bond motifs is 1. The molecule has 3 heterocycles. The van der Waals surface area contributed by atoms with Gasteiger partial charge in [-0.25, -0.2) is 0 Å².